The van der Waals surface area contributed by atoms with Crippen molar-refractivity contribution in [1.82, 2.24) is 4.90 Å². The third-order valence-electron chi connectivity index (χ3n) is 2.46. The van der Waals surface area contributed by atoms with Gasteiger partial charge < -0.3 is 4.74 Å². The first-order chi connectivity index (χ1) is 6.65. The van der Waals surface area contributed by atoms with E-state index in [0.29, 0.717) is 13.0 Å². The van der Waals surface area contributed by atoms with Crippen LogP contribution in [-0.4, -0.2) is 43.5 Å². The minimum atomic E-state index is -2.39. The van der Waals surface area contributed by atoms with Gasteiger partial charge in [0.1, 0.15) is 6.04 Å². The normalized spacial score (nSPS) is 23.9. The van der Waals surface area contributed by atoms with Gasteiger partial charge in [-0.25, -0.2) is 8.78 Å². The maximum Gasteiger partial charge on any atom is 0.323 e. The van der Waals surface area contributed by atoms with Gasteiger partial charge in [0.2, 0.25) is 0 Å². The van der Waals surface area contributed by atoms with Crippen molar-refractivity contribution >= 4 is 5.97 Å². The molecule has 0 radical (unpaired) electrons. The minimum absolute atomic E-state index is 0.334. The summed E-state index contributed by atoms with van der Waals surface area (Å²) in [6.07, 6.45) is 0.0132. The van der Waals surface area contributed by atoms with Gasteiger partial charge in [-0.3, -0.25) is 9.69 Å². The van der Waals surface area contributed by atoms with Gasteiger partial charge in [0.05, 0.1) is 13.7 Å². The van der Waals surface area contributed by atoms with E-state index < -0.39 is 18.4 Å². The number of esters is 1. The molecule has 1 aliphatic rings. The Labute approximate surface area is 82.0 Å². The van der Waals surface area contributed by atoms with Crippen molar-refractivity contribution in [3.8, 4) is 0 Å². The SMILES string of the molecule is COC(=O)C1CCCCN1CC(F)F. The number of halogens is 2. The third-order valence-corrected chi connectivity index (χ3v) is 2.46. The Kier molecular flexibility index (Phi) is 4.25. The van der Waals surface area contributed by atoms with E-state index in [-0.39, 0.29) is 6.54 Å². The van der Waals surface area contributed by atoms with Crippen molar-refractivity contribution in [3.05, 3.63) is 0 Å². The van der Waals surface area contributed by atoms with E-state index in [0.717, 1.165) is 12.8 Å². The molecule has 0 saturated carbocycles. The lowest BCUT2D eigenvalue weighted by molar-refractivity contribution is -0.149. The second kappa shape index (κ2) is 5.24. The molecule has 0 N–H and O–H groups in total. The molecule has 0 bridgehead atoms. The quantitative estimate of drug-likeness (QED) is 0.653. The third kappa shape index (κ3) is 2.90. The first kappa shape index (κ1) is 11.4. The number of piperidine rings is 1. The summed E-state index contributed by atoms with van der Waals surface area (Å²) in [5, 5.41) is 0. The van der Waals surface area contributed by atoms with Crippen LogP contribution in [-0.2, 0) is 9.53 Å². The minimum Gasteiger partial charge on any atom is -0.468 e. The van der Waals surface area contributed by atoms with E-state index in [1.165, 1.54) is 12.0 Å². The topological polar surface area (TPSA) is 29.5 Å². The Hall–Kier alpha value is -0.710. The molecule has 0 aromatic rings. The van der Waals surface area contributed by atoms with Crippen LogP contribution in [0.2, 0.25) is 0 Å². The number of carbonyl (C=O) groups excluding carboxylic acids is 1. The van der Waals surface area contributed by atoms with Crippen molar-refractivity contribution in [2.45, 2.75) is 31.7 Å². The molecule has 0 aliphatic carbocycles. The van der Waals surface area contributed by atoms with Gasteiger partial charge in [0, 0.05) is 0 Å². The lowest BCUT2D eigenvalue weighted by atomic mass is 10.0. The largest absolute Gasteiger partial charge is 0.468 e. The summed E-state index contributed by atoms with van der Waals surface area (Å²) in [6, 6.07) is -0.470. The maximum absolute atomic E-state index is 12.2. The molecule has 0 aromatic heterocycles. The summed E-state index contributed by atoms with van der Waals surface area (Å²) in [4.78, 5) is 12.8. The fraction of sp³-hybridized carbons (Fsp3) is 0.889. The summed E-state index contributed by atoms with van der Waals surface area (Å²) in [6.45, 7) is 0.226. The smallest absolute Gasteiger partial charge is 0.323 e. The van der Waals surface area contributed by atoms with E-state index in [4.69, 9.17) is 0 Å². The van der Waals surface area contributed by atoms with Crippen LogP contribution < -0.4 is 0 Å². The van der Waals surface area contributed by atoms with E-state index in [1.807, 2.05) is 0 Å². The Bertz CT molecular complexity index is 199. The number of nitrogens with zero attached hydrogens (tertiary/aromatic N) is 1. The Balaban J connectivity index is 2.54. The second-order valence-electron chi connectivity index (χ2n) is 3.42. The summed E-state index contributed by atoms with van der Waals surface area (Å²) >= 11 is 0. The molecule has 0 spiro atoms. The molecule has 1 atom stereocenters. The Morgan fingerprint density at radius 3 is 2.86 bits per heavy atom. The molecule has 1 fully saturated rings. The second-order valence-corrected chi connectivity index (χ2v) is 3.42. The van der Waals surface area contributed by atoms with Gasteiger partial charge in [-0.1, -0.05) is 6.42 Å². The number of hydrogen-bond donors (Lipinski definition) is 0. The average molecular weight is 207 g/mol. The Morgan fingerprint density at radius 2 is 2.29 bits per heavy atom. The lowest BCUT2D eigenvalue weighted by Crippen LogP contribution is -2.47. The highest BCUT2D eigenvalue weighted by atomic mass is 19.3. The van der Waals surface area contributed by atoms with E-state index in [9.17, 15) is 13.6 Å². The molecule has 14 heavy (non-hydrogen) atoms. The molecule has 82 valence electrons. The molecule has 5 heteroatoms. The average Bonchev–Trinajstić information content (AvgIpc) is 2.16. The van der Waals surface area contributed by atoms with Gasteiger partial charge in [-0.15, -0.1) is 0 Å². The first-order valence-corrected chi connectivity index (χ1v) is 4.75. The molecule has 3 nitrogen and oxygen atoms in total. The van der Waals surface area contributed by atoms with Gasteiger partial charge >= 0.3 is 5.97 Å². The van der Waals surface area contributed by atoms with Gasteiger partial charge in [-0.2, -0.15) is 0 Å². The van der Waals surface area contributed by atoms with Crippen LogP contribution in [0, 0.1) is 0 Å². The molecule has 0 aromatic carbocycles. The number of likely N-dealkylation sites (tertiary alicyclic amines) is 1. The van der Waals surface area contributed by atoms with E-state index in [2.05, 4.69) is 4.74 Å². The summed E-state index contributed by atoms with van der Waals surface area (Å²) in [5.41, 5.74) is 0. The highest BCUT2D eigenvalue weighted by Gasteiger charge is 2.30. The maximum atomic E-state index is 12.2. The number of alkyl halides is 2. The van der Waals surface area contributed by atoms with Gasteiger partial charge in [-0.05, 0) is 19.4 Å². The lowest BCUT2D eigenvalue weighted by Gasteiger charge is -2.33. The van der Waals surface area contributed by atoms with Gasteiger partial charge in [0.15, 0.2) is 0 Å². The standard InChI is InChI=1S/C9H15F2NO2/c1-14-9(13)7-4-2-3-5-12(7)6-8(10)11/h7-8H,2-6H2,1H3. The molecule has 0 amide bonds. The van der Waals surface area contributed by atoms with Crippen molar-refractivity contribution < 1.29 is 18.3 Å². The highest BCUT2D eigenvalue weighted by molar-refractivity contribution is 5.75. The molecule has 1 aliphatic heterocycles. The highest BCUT2D eigenvalue weighted by Crippen LogP contribution is 2.18. The van der Waals surface area contributed by atoms with Crippen LogP contribution in [0.15, 0.2) is 0 Å². The summed E-state index contributed by atoms with van der Waals surface area (Å²) in [7, 11) is 1.29. The predicted octanol–water partition coefficient (Wildman–Crippen LogP) is 1.28. The number of carbonyl (C=O) groups is 1. The zero-order valence-electron chi connectivity index (χ0n) is 8.21. The van der Waals surface area contributed by atoms with Crippen molar-refractivity contribution in [2.75, 3.05) is 20.2 Å². The monoisotopic (exact) mass is 207 g/mol. The number of ether oxygens (including phenoxy) is 1. The van der Waals surface area contributed by atoms with Gasteiger partial charge in [0.25, 0.3) is 6.43 Å². The van der Waals surface area contributed by atoms with Crippen LogP contribution in [0.4, 0.5) is 8.78 Å². The fourth-order valence-electron chi connectivity index (χ4n) is 1.79. The zero-order valence-corrected chi connectivity index (χ0v) is 8.21. The first-order valence-electron chi connectivity index (χ1n) is 4.75. The number of hydrogen-bond acceptors (Lipinski definition) is 3. The van der Waals surface area contributed by atoms with E-state index in [1.54, 1.807) is 0 Å². The molecular formula is C9H15F2NO2. The molecule has 1 unspecified atom stereocenters. The van der Waals surface area contributed by atoms with Crippen molar-refractivity contribution in [3.63, 3.8) is 0 Å². The predicted molar refractivity (Wildman–Crippen MR) is 47.2 cm³/mol. The summed E-state index contributed by atoms with van der Waals surface area (Å²) < 4.78 is 28.9. The van der Waals surface area contributed by atoms with Crippen LogP contribution in [0.1, 0.15) is 19.3 Å². The van der Waals surface area contributed by atoms with Crippen LogP contribution in [0.3, 0.4) is 0 Å². The number of rotatable bonds is 3. The van der Waals surface area contributed by atoms with Crippen LogP contribution in [0.5, 0.6) is 0 Å². The van der Waals surface area contributed by atoms with Crippen molar-refractivity contribution in [2.24, 2.45) is 0 Å². The van der Waals surface area contributed by atoms with Crippen molar-refractivity contribution in [1.29, 1.82) is 0 Å². The number of methoxy groups -OCH3 is 1. The Morgan fingerprint density at radius 1 is 1.57 bits per heavy atom. The van der Waals surface area contributed by atoms with Crippen LogP contribution >= 0.6 is 0 Å². The molecule has 1 heterocycles. The molecule has 1 saturated heterocycles. The van der Waals surface area contributed by atoms with Crippen LogP contribution in [0.25, 0.3) is 0 Å². The zero-order chi connectivity index (χ0) is 10.6. The van der Waals surface area contributed by atoms with E-state index >= 15 is 0 Å². The fourth-order valence-corrected chi connectivity index (χ4v) is 1.79. The molecular weight excluding hydrogens is 192 g/mol. The molecule has 1 rings (SSSR count). The summed E-state index contributed by atoms with van der Waals surface area (Å²) in [5.74, 6) is -0.398.